The second-order valence-electron chi connectivity index (χ2n) is 9.75. The number of hydrogen-bond donors (Lipinski definition) is 3. The third-order valence-corrected chi connectivity index (χ3v) is 6.44. The van der Waals surface area contributed by atoms with E-state index in [1.807, 2.05) is 24.3 Å². The zero-order chi connectivity index (χ0) is 24.9. The van der Waals surface area contributed by atoms with Crippen molar-refractivity contribution in [2.75, 3.05) is 22.6 Å². The largest absolute Gasteiger partial charge is 0.507 e. The smallest absolute Gasteiger partial charge is 0.412 e. The van der Waals surface area contributed by atoms with Crippen molar-refractivity contribution in [3.8, 4) is 5.75 Å². The number of alkyl halides is 1. The Balaban J connectivity index is 1.47. The number of nitrogens with one attached hydrogen (secondary N) is 2. The van der Waals surface area contributed by atoms with Crippen molar-refractivity contribution in [2.45, 2.75) is 32.3 Å². The molecule has 0 spiro atoms. The average Bonchev–Trinajstić information content (AvgIpc) is 3.38. The van der Waals surface area contributed by atoms with Gasteiger partial charge in [0.15, 0.2) is 0 Å². The van der Waals surface area contributed by atoms with Crippen molar-refractivity contribution >= 4 is 56.7 Å². The van der Waals surface area contributed by atoms with Crippen molar-refractivity contribution in [1.29, 1.82) is 0 Å². The minimum absolute atomic E-state index is 0.0462. The molecule has 0 radical (unpaired) electrons. The van der Waals surface area contributed by atoms with E-state index in [9.17, 15) is 14.7 Å². The van der Waals surface area contributed by atoms with Crippen molar-refractivity contribution < 1.29 is 19.4 Å². The first-order valence-corrected chi connectivity index (χ1v) is 11.9. The summed E-state index contributed by atoms with van der Waals surface area (Å²) in [5, 5.41) is 15.8. The lowest BCUT2D eigenvalue weighted by molar-refractivity contribution is 0.0635. The molecule has 4 aromatic rings. The molecule has 2 heterocycles. The van der Waals surface area contributed by atoms with Gasteiger partial charge in [0.05, 0.1) is 5.69 Å². The molecule has 3 aromatic carbocycles. The van der Waals surface area contributed by atoms with Gasteiger partial charge < -0.3 is 19.7 Å². The molecule has 35 heavy (non-hydrogen) atoms. The minimum atomic E-state index is -0.603. The molecule has 1 atom stereocenters. The van der Waals surface area contributed by atoms with Crippen LogP contribution in [0.3, 0.4) is 0 Å². The molecule has 3 N–H and O–H groups in total. The van der Waals surface area contributed by atoms with Gasteiger partial charge >= 0.3 is 6.09 Å². The van der Waals surface area contributed by atoms with Crippen molar-refractivity contribution in [3.05, 3.63) is 65.9 Å². The number of rotatable bonds is 3. The van der Waals surface area contributed by atoms with Crippen LogP contribution in [0.25, 0.3) is 21.7 Å². The van der Waals surface area contributed by atoms with Crippen LogP contribution in [-0.4, -0.2) is 40.1 Å². The van der Waals surface area contributed by atoms with E-state index in [2.05, 4.69) is 10.3 Å². The van der Waals surface area contributed by atoms with E-state index in [1.54, 1.807) is 56.0 Å². The van der Waals surface area contributed by atoms with Crippen molar-refractivity contribution in [2.24, 2.45) is 0 Å². The van der Waals surface area contributed by atoms with E-state index in [1.165, 1.54) is 0 Å². The number of ether oxygens (including phenoxy) is 1. The monoisotopic (exact) mass is 491 g/mol. The maximum Gasteiger partial charge on any atom is 0.412 e. The first kappa shape index (κ1) is 23.1. The molecule has 8 heteroatoms. The normalized spacial score (nSPS) is 15.4. The number of phenolic OH excluding ortho intramolecular Hbond substituents is 1. The molecule has 0 saturated heterocycles. The molecule has 1 aliphatic heterocycles. The lowest BCUT2D eigenvalue weighted by Gasteiger charge is -2.19. The number of hydrogen-bond acceptors (Lipinski definition) is 4. The van der Waals surface area contributed by atoms with Gasteiger partial charge in [-0.05, 0) is 56.0 Å². The third-order valence-electron chi connectivity index (χ3n) is 6.07. The van der Waals surface area contributed by atoms with Crippen LogP contribution in [0.4, 0.5) is 16.2 Å². The van der Waals surface area contributed by atoms with E-state index >= 15 is 0 Å². The van der Waals surface area contributed by atoms with Crippen LogP contribution in [0.1, 0.15) is 42.7 Å². The number of carbonyl (C=O) groups excluding carboxylic acids is 2. The van der Waals surface area contributed by atoms with Gasteiger partial charge in [0.25, 0.3) is 5.91 Å². The molecule has 180 valence electrons. The Labute approximate surface area is 207 Å². The van der Waals surface area contributed by atoms with E-state index in [4.69, 9.17) is 16.3 Å². The summed E-state index contributed by atoms with van der Waals surface area (Å²) < 4.78 is 5.31. The lowest BCUT2D eigenvalue weighted by Crippen LogP contribution is -2.30. The highest BCUT2D eigenvalue weighted by Gasteiger charge is 2.35. The van der Waals surface area contributed by atoms with Gasteiger partial charge in [0.2, 0.25) is 0 Å². The molecule has 0 fully saturated rings. The van der Waals surface area contributed by atoms with Crippen LogP contribution in [0.15, 0.2) is 54.6 Å². The first-order valence-electron chi connectivity index (χ1n) is 11.4. The Kier molecular flexibility index (Phi) is 5.60. The summed E-state index contributed by atoms with van der Waals surface area (Å²) in [6, 6.07) is 16.3. The van der Waals surface area contributed by atoms with E-state index in [-0.39, 0.29) is 17.6 Å². The van der Waals surface area contributed by atoms with Crippen LogP contribution < -0.4 is 10.2 Å². The maximum atomic E-state index is 13.6. The van der Waals surface area contributed by atoms with Crippen molar-refractivity contribution in [3.63, 3.8) is 0 Å². The van der Waals surface area contributed by atoms with Crippen LogP contribution in [0, 0.1) is 0 Å². The van der Waals surface area contributed by atoms with Gasteiger partial charge in [-0.1, -0.05) is 24.3 Å². The summed E-state index contributed by atoms with van der Waals surface area (Å²) in [6.45, 7) is 5.82. The fourth-order valence-electron chi connectivity index (χ4n) is 4.64. The number of fused-ring (bicyclic) bond motifs is 4. The molecule has 0 unspecified atom stereocenters. The second-order valence-corrected chi connectivity index (χ2v) is 10.1. The summed E-state index contributed by atoms with van der Waals surface area (Å²) in [4.78, 5) is 30.5. The Morgan fingerprint density at radius 1 is 1.14 bits per heavy atom. The SMILES string of the molecule is CC(C)(C)OC(=O)Nc1ccc2[nH]c(C(=O)N3C[C@@H](CCl)c4c3cc(O)c3ccccc43)cc2c1. The van der Waals surface area contributed by atoms with E-state index < -0.39 is 11.7 Å². The minimum Gasteiger partial charge on any atom is -0.507 e. The number of anilines is 2. The highest BCUT2D eigenvalue weighted by atomic mass is 35.5. The number of benzene rings is 3. The van der Waals surface area contributed by atoms with Crippen LogP contribution in [0.5, 0.6) is 5.75 Å². The molecular formula is C27H26ClN3O4. The summed E-state index contributed by atoms with van der Waals surface area (Å²) in [5.41, 5.74) is 2.77. The molecule has 0 aliphatic carbocycles. The zero-order valence-corrected chi connectivity index (χ0v) is 20.4. The fourth-order valence-corrected chi connectivity index (χ4v) is 4.89. The molecule has 0 saturated carbocycles. The molecule has 1 aromatic heterocycles. The lowest BCUT2D eigenvalue weighted by atomic mass is 9.95. The van der Waals surface area contributed by atoms with Crippen LogP contribution >= 0.6 is 11.6 Å². The van der Waals surface area contributed by atoms with E-state index in [0.717, 1.165) is 27.2 Å². The zero-order valence-electron chi connectivity index (χ0n) is 19.7. The van der Waals surface area contributed by atoms with Gasteiger partial charge in [0, 0.05) is 46.4 Å². The molecular weight excluding hydrogens is 466 g/mol. The summed E-state index contributed by atoms with van der Waals surface area (Å²) in [7, 11) is 0. The molecule has 7 nitrogen and oxygen atoms in total. The van der Waals surface area contributed by atoms with Gasteiger partial charge in [-0.15, -0.1) is 11.6 Å². The summed E-state index contributed by atoms with van der Waals surface area (Å²) >= 11 is 6.30. The predicted octanol–water partition coefficient (Wildman–Crippen LogP) is 6.36. The van der Waals surface area contributed by atoms with Gasteiger partial charge in [-0.25, -0.2) is 4.79 Å². The summed E-state index contributed by atoms with van der Waals surface area (Å²) in [6.07, 6.45) is -0.545. The standard InChI is InChI=1S/C27H26ClN3O4/c1-27(2,3)35-26(34)29-17-8-9-20-15(10-17)11-21(30-20)25(33)31-14-16(13-28)24-19-7-5-4-6-18(19)23(32)12-22(24)31/h4-12,16,30,32H,13-14H2,1-3H3,(H,29,34)/t16-/m1/s1. The maximum absolute atomic E-state index is 13.6. The number of phenols is 1. The highest BCUT2D eigenvalue weighted by molar-refractivity contribution is 6.19. The van der Waals surface area contributed by atoms with Gasteiger partial charge in [0.1, 0.15) is 17.0 Å². The number of H-pyrrole nitrogens is 1. The number of carbonyl (C=O) groups is 2. The molecule has 5 rings (SSSR count). The Hall–Kier alpha value is -3.71. The average molecular weight is 492 g/mol. The first-order chi connectivity index (χ1) is 16.6. The quantitative estimate of drug-likeness (QED) is 0.291. The predicted molar refractivity (Wildman–Crippen MR) is 139 cm³/mol. The molecule has 1 aliphatic rings. The molecule has 2 amide bonds. The second kappa shape index (κ2) is 8.50. The number of amides is 2. The Morgan fingerprint density at radius 3 is 2.60 bits per heavy atom. The Morgan fingerprint density at radius 2 is 1.89 bits per heavy atom. The highest BCUT2D eigenvalue weighted by Crippen LogP contribution is 2.45. The Bertz CT molecular complexity index is 1470. The number of nitrogens with zero attached hydrogens (tertiary/aromatic N) is 1. The fraction of sp³-hybridized carbons (Fsp3) is 0.259. The van der Waals surface area contributed by atoms with Gasteiger partial charge in [-0.2, -0.15) is 0 Å². The topological polar surface area (TPSA) is 94.7 Å². The van der Waals surface area contributed by atoms with Crippen molar-refractivity contribution in [1.82, 2.24) is 4.98 Å². The molecule has 0 bridgehead atoms. The van der Waals surface area contributed by atoms with E-state index in [0.29, 0.717) is 29.5 Å². The number of aromatic hydroxyl groups is 1. The number of aromatic amines is 1. The number of halogens is 1. The summed E-state index contributed by atoms with van der Waals surface area (Å²) in [5.74, 6) is 0.223. The number of aromatic nitrogens is 1. The van der Waals surface area contributed by atoms with Crippen LogP contribution in [0.2, 0.25) is 0 Å². The van der Waals surface area contributed by atoms with Crippen LogP contribution in [-0.2, 0) is 4.74 Å². The third kappa shape index (κ3) is 4.28. The van der Waals surface area contributed by atoms with Gasteiger partial charge in [-0.3, -0.25) is 10.1 Å².